The number of carboxylic acid groups (broad SMARTS) is 1. The van der Waals surface area contributed by atoms with Gasteiger partial charge in [0.1, 0.15) is 11.4 Å². The minimum absolute atomic E-state index is 0.0651. The largest absolute Gasteiger partial charge is 0.480 e. The highest BCUT2D eigenvalue weighted by Gasteiger charge is 2.35. The van der Waals surface area contributed by atoms with E-state index in [1.807, 2.05) is 0 Å². The van der Waals surface area contributed by atoms with Crippen LogP contribution >= 0.6 is 0 Å². The highest BCUT2D eigenvalue weighted by atomic mass is 16.6. The molecule has 19 heavy (non-hydrogen) atoms. The van der Waals surface area contributed by atoms with Crippen LogP contribution in [0.1, 0.15) is 26.3 Å². The molecule has 0 aliphatic rings. The van der Waals surface area contributed by atoms with Crippen molar-refractivity contribution >= 4 is 17.5 Å². The van der Waals surface area contributed by atoms with Gasteiger partial charge in [0.15, 0.2) is 0 Å². The standard InChI is InChI=1S/C12H17N3O4/c1-5-14(12(3,4)11(16)17)10-6-9(15(18)19)8(2)7-13-10/h6-7H,5H2,1-4H3,(H,16,17). The summed E-state index contributed by atoms with van der Waals surface area (Å²) in [5, 5.41) is 20.1. The fraction of sp³-hybridized carbons (Fsp3) is 0.500. The highest BCUT2D eigenvalue weighted by molar-refractivity contribution is 5.82. The number of anilines is 1. The molecule has 0 radical (unpaired) electrons. The number of aryl methyl sites for hydroxylation is 1. The Labute approximate surface area is 111 Å². The van der Waals surface area contributed by atoms with Crippen LogP contribution < -0.4 is 4.90 Å². The number of carbonyl (C=O) groups is 1. The van der Waals surface area contributed by atoms with Gasteiger partial charge in [-0.15, -0.1) is 0 Å². The summed E-state index contributed by atoms with van der Waals surface area (Å²) >= 11 is 0. The predicted octanol–water partition coefficient (Wildman–Crippen LogP) is 1.99. The van der Waals surface area contributed by atoms with Crippen LogP contribution in [0.2, 0.25) is 0 Å². The van der Waals surface area contributed by atoms with E-state index in [1.54, 1.807) is 13.8 Å². The Bertz CT molecular complexity index is 514. The molecule has 1 heterocycles. The van der Waals surface area contributed by atoms with Crippen molar-refractivity contribution in [2.75, 3.05) is 11.4 Å². The molecule has 7 heteroatoms. The van der Waals surface area contributed by atoms with Gasteiger partial charge in [-0.3, -0.25) is 10.1 Å². The molecular formula is C12H17N3O4. The maximum Gasteiger partial charge on any atom is 0.328 e. The summed E-state index contributed by atoms with van der Waals surface area (Å²) < 4.78 is 0. The first-order chi connectivity index (χ1) is 8.71. The van der Waals surface area contributed by atoms with Crippen molar-refractivity contribution < 1.29 is 14.8 Å². The van der Waals surface area contributed by atoms with Crippen LogP contribution in [0.15, 0.2) is 12.3 Å². The van der Waals surface area contributed by atoms with Gasteiger partial charge < -0.3 is 10.0 Å². The fourth-order valence-corrected chi connectivity index (χ4v) is 1.81. The maximum atomic E-state index is 11.3. The predicted molar refractivity (Wildman–Crippen MR) is 70.4 cm³/mol. The smallest absolute Gasteiger partial charge is 0.328 e. The lowest BCUT2D eigenvalue weighted by Crippen LogP contribution is -2.50. The lowest BCUT2D eigenvalue weighted by Gasteiger charge is -2.35. The number of hydrogen-bond acceptors (Lipinski definition) is 5. The lowest BCUT2D eigenvalue weighted by atomic mass is 10.0. The molecule has 0 amide bonds. The van der Waals surface area contributed by atoms with Crippen LogP contribution in [-0.2, 0) is 4.79 Å². The number of carboxylic acids is 1. The Morgan fingerprint density at radius 1 is 1.58 bits per heavy atom. The summed E-state index contributed by atoms with van der Waals surface area (Å²) in [7, 11) is 0. The van der Waals surface area contributed by atoms with Gasteiger partial charge in [-0.25, -0.2) is 9.78 Å². The van der Waals surface area contributed by atoms with Crippen molar-refractivity contribution in [2.45, 2.75) is 33.2 Å². The molecule has 104 valence electrons. The Morgan fingerprint density at radius 2 is 2.16 bits per heavy atom. The van der Waals surface area contributed by atoms with E-state index >= 15 is 0 Å². The molecule has 1 aromatic rings. The van der Waals surface area contributed by atoms with Crippen LogP contribution in [0.3, 0.4) is 0 Å². The maximum absolute atomic E-state index is 11.3. The van der Waals surface area contributed by atoms with Gasteiger partial charge in [0.2, 0.25) is 0 Å². The van der Waals surface area contributed by atoms with E-state index in [2.05, 4.69) is 4.98 Å². The number of pyridine rings is 1. The second-order valence-corrected chi connectivity index (χ2v) is 4.69. The second kappa shape index (κ2) is 5.21. The van der Waals surface area contributed by atoms with Crippen molar-refractivity contribution in [1.82, 2.24) is 4.98 Å². The number of likely N-dealkylation sites (N-methyl/N-ethyl adjacent to an activating group) is 1. The molecule has 0 atom stereocenters. The summed E-state index contributed by atoms with van der Waals surface area (Å²) in [6, 6.07) is 1.31. The molecule has 0 aromatic carbocycles. The van der Waals surface area contributed by atoms with Crippen molar-refractivity contribution in [3.05, 3.63) is 27.9 Å². The average molecular weight is 267 g/mol. The van der Waals surface area contributed by atoms with Gasteiger partial charge >= 0.3 is 5.97 Å². The SMILES string of the molecule is CCN(c1cc([N+](=O)[O-])c(C)cn1)C(C)(C)C(=O)O. The van der Waals surface area contributed by atoms with Crippen molar-refractivity contribution in [3.8, 4) is 0 Å². The molecule has 0 aliphatic heterocycles. The van der Waals surface area contributed by atoms with Crippen LogP contribution in [0, 0.1) is 17.0 Å². The van der Waals surface area contributed by atoms with E-state index in [1.165, 1.54) is 31.0 Å². The highest BCUT2D eigenvalue weighted by Crippen LogP contribution is 2.27. The zero-order valence-corrected chi connectivity index (χ0v) is 11.4. The Kier molecular flexibility index (Phi) is 4.08. The Hall–Kier alpha value is -2.18. The van der Waals surface area contributed by atoms with Gasteiger partial charge in [-0.1, -0.05) is 0 Å². The number of rotatable bonds is 5. The topological polar surface area (TPSA) is 96.6 Å². The fourth-order valence-electron chi connectivity index (χ4n) is 1.81. The third kappa shape index (κ3) is 2.81. The van der Waals surface area contributed by atoms with E-state index in [-0.39, 0.29) is 11.5 Å². The van der Waals surface area contributed by atoms with Crippen LogP contribution in [0.5, 0.6) is 0 Å². The molecule has 7 nitrogen and oxygen atoms in total. The molecular weight excluding hydrogens is 250 g/mol. The van der Waals surface area contributed by atoms with Crippen LogP contribution in [0.4, 0.5) is 11.5 Å². The second-order valence-electron chi connectivity index (χ2n) is 4.69. The van der Waals surface area contributed by atoms with Crippen LogP contribution in [-0.4, -0.2) is 33.1 Å². The minimum atomic E-state index is -1.19. The quantitative estimate of drug-likeness (QED) is 0.647. The first kappa shape index (κ1) is 14.9. The Balaban J connectivity index is 3.31. The third-order valence-electron chi connectivity index (χ3n) is 3.05. The van der Waals surface area contributed by atoms with Gasteiger partial charge in [0.25, 0.3) is 5.69 Å². The zero-order chi connectivity index (χ0) is 14.8. The number of hydrogen-bond donors (Lipinski definition) is 1. The molecule has 0 unspecified atom stereocenters. The monoisotopic (exact) mass is 267 g/mol. The van der Waals surface area contributed by atoms with Gasteiger partial charge in [0, 0.05) is 18.3 Å². The molecule has 0 aliphatic carbocycles. The average Bonchev–Trinajstić information content (AvgIpc) is 2.31. The molecule has 0 saturated heterocycles. The van der Waals surface area contributed by atoms with Crippen molar-refractivity contribution in [2.24, 2.45) is 0 Å². The molecule has 0 spiro atoms. The lowest BCUT2D eigenvalue weighted by molar-refractivity contribution is -0.385. The summed E-state index contributed by atoms with van der Waals surface area (Å²) in [4.78, 5) is 27.3. The Morgan fingerprint density at radius 3 is 2.58 bits per heavy atom. The summed E-state index contributed by atoms with van der Waals surface area (Å²) in [5.74, 6) is -0.730. The first-order valence-electron chi connectivity index (χ1n) is 5.83. The molecule has 1 aromatic heterocycles. The molecule has 0 fully saturated rings. The summed E-state index contributed by atoms with van der Waals surface area (Å²) in [5.41, 5.74) is -0.812. The van der Waals surface area contributed by atoms with E-state index in [9.17, 15) is 20.0 Å². The van der Waals surface area contributed by atoms with E-state index < -0.39 is 16.4 Å². The number of aliphatic carboxylic acids is 1. The third-order valence-corrected chi connectivity index (χ3v) is 3.05. The van der Waals surface area contributed by atoms with Gasteiger partial charge in [0.05, 0.1) is 11.0 Å². The first-order valence-corrected chi connectivity index (χ1v) is 5.83. The van der Waals surface area contributed by atoms with Crippen LogP contribution in [0.25, 0.3) is 0 Å². The van der Waals surface area contributed by atoms with Gasteiger partial charge in [-0.2, -0.15) is 0 Å². The van der Waals surface area contributed by atoms with E-state index in [0.717, 1.165) is 0 Å². The minimum Gasteiger partial charge on any atom is -0.480 e. The normalized spacial score (nSPS) is 11.2. The molecule has 0 bridgehead atoms. The number of aromatic nitrogens is 1. The number of nitro groups is 1. The summed E-state index contributed by atoms with van der Waals surface area (Å²) in [6.45, 7) is 6.82. The summed E-state index contributed by atoms with van der Waals surface area (Å²) in [6.07, 6.45) is 1.38. The van der Waals surface area contributed by atoms with Crippen molar-refractivity contribution in [1.29, 1.82) is 0 Å². The van der Waals surface area contributed by atoms with Crippen molar-refractivity contribution in [3.63, 3.8) is 0 Å². The van der Waals surface area contributed by atoms with Gasteiger partial charge in [-0.05, 0) is 27.7 Å². The zero-order valence-electron chi connectivity index (χ0n) is 11.4. The molecule has 1 N–H and O–H groups in total. The molecule has 1 rings (SSSR count). The van der Waals surface area contributed by atoms with E-state index in [0.29, 0.717) is 12.1 Å². The number of nitrogens with zero attached hydrogens (tertiary/aromatic N) is 3. The van der Waals surface area contributed by atoms with E-state index in [4.69, 9.17) is 0 Å². The molecule has 0 saturated carbocycles.